The molecule has 5 nitrogen and oxygen atoms in total. The molecule has 0 radical (unpaired) electrons. The zero-order chi connectivity index (χ0) is 21.2. The molecule has 1 rings (SSSR count). The van der Waals surface area contributed by atoms with E-state index in [1.54, 1.807) is 0 Å². The van der Waals surface area contributed by atoms with Crippen LogP contribution in [0.2, 0.25) is 0 Å². The topological polar surface area (TPSA) is 79.2 Å². The smallest absolute Gasteiger partial charge is 0.114 e. The lowest BCUT2D eigenvalue weighted by Crippen LogP contribution is -2.42. The van der Waals surface area contributed by atoms with Crippen molar-refractivity contribution in [1.82, 2.24) is 0 Å². The molecule has 0 unspecified atom stereocenters. The Balaban J connectivity index is 1.84. The van der Waals surface area contributed by atoms with Crippen molar-refractivity contribution in [2.75, 3.05) is 19.8 Å². The number of unbranched alkanes of at least 4 members (excludes halogenated alkanes) is 12. The zero-order valence-electron chi connectivity index (χ0n) is 18.6. The fraction of sp³-hybridized carbons (Fsp3) is 0.917. The number of hydrogen-bond acceptors (Lipinski definition) is 5. The molecule has 172 valence electrons. The van der Waals surface area contributed by atoms with E-state index in [9.17, 15) is 10.2 Å². The van der Waals surface area contributed by atoms with Gasteiger partial charge in [0.05, 0.1) is 13.2 Å². The van der Waals surface area contributed by atoms with Gasteiger partial charge in [-0.05, 0) is 25.7 Å². The molecule has 0 aromatic rings. The summed E-state index contributed by atoms with van der Waals surface area (Å²) in [7, 11) is 0. The molecule has 0 aromatic carbocycles. The SMILES string of the molecule is CCC/C=C/CCCCCCCCCCCCCO[C@@H]1[C@H]([C@@H](O)CO)OC[C@H]1O. The lowest BCUT2D eigenvalue weighted by molar-refractivity contribution is -0.0938. The molecule has 1 fully saturated rings. The molecule has 29 heavy (non-hydrogen) atoms. The summed E-state index contributed by atoms with van der Waals surface area (Å²) in [6.07, 6.45) is 19.6. The fourth-order valence-electron chi connectivity index (χ4n) is 3.84. The first-order valence-corrected chi connectivity index (χ1v) is 12.1. The summed E-state index contributed by atoms with van der Waals surface area (Å²) in [6, 6.07) is 0. The van der Waals surface area contributed by atoms with Crippen molar-refractivity contribution in [3.8, 4) is 0 Å². The summed E-state index contributed by atoms with van der Waals surface area (Å²) in [6.45, 7) is 2.56. The Morgan fingerprint density at radius 1 is 0.897 bits per heavy atom. The number of aliphatic hydroxyl groups excluding tert-OH is 3. The summed E-state index contributed by atoms with van der Waals surface area (Å²) < 4.78 is 11.0. The summed E-state index contributed by atoms with van der Waals surface area (Å²) in [5.74, 6) is 0. The lowest BCUT2D eigenvalue weighted by atomic mass is 10.0. The molecule has 0 amide bonds. The Bertz CT molecular complexity index is 387. The van der Waals surface area contributed by atoms with E-state index in [2.05, 4.69) is 19.1 Å². The van der Waals surface area contributed by atoms with Crippen LogP contribution in [0.3, 0.4) is 0 Å². The van der Waals surface area contributed by atoms with Gasteiger partial charge >= 0.3 is 0 Å². The molecule has 0 aliphatic carbocycles. The normalized spacial score (nSPS) is 23.2. The van der Waals surface area contributed by atoms with Gasteiger partial charge in [-0.15, -0.1) is 0 Å². The van der Waals surface area contributed by atoms with E-state index >= 15 is 0 Å². The molecular weight excluding hydrogens is 368 g/mol. The van der Waals surface area contributed by atoms with Crippen LogP contribution in [0.25, 0.3) is 0 Å². The van der Waals surface area contributed by atoms with Crippen LogP contribution in [0, 0.1) is 0 Å². The number of allylic oxidation sites excluding steroid dienone is 2. The first-order chi connectivity index (χ1) is 14.2. The van der Waals surface area contributed by atoms with Crippen molar-refractivity contribution in [3.63, 3.8) is 0 Å². The minimum absolute atomic E-state index is 0.155. The third-order valence-corrected chi connectivity index (χ3v) is 5.68. The van der Waals surface area contributed by atoms with Crippen molar-refractivity contribution in [3.05, 3.63) is 12.2 Å². The Morgan fingerprint density at radius 3 is 2.03 bits per heavy atom. The molecule has 1 aliphatic heterocycles. The first kappa shape index (κ1) is 26.6. The predicted molar refractivity (Wildman–Crippen MR) is 118 cm³/mol. The minimum Gasteiger partial charge on any atom is -0.394 e. The van der Waals surface area contributed by atoms with Crippen LogP contribution in [0.4, 0.5) is 0 Å². The molecule has 5 heteroatoms. The zero-order valence-corrected chi connectivity index (χ0v) is 18.6. The van der Waals surface area contributed by atoms with E-state index in [1.165, 1.54) is 77.0 Å². The van der Waals surface area contributed by atoms with Gasteiger partial charge in [-0.2, -0.15) is 0 Å². The highest BCUT2D eigenvalue weighted by Gasteiger charge is 2.40. The van der Waals surface area contributed by atoms with Crippen molar-refractivity contribution < 1.29 is 24.8 Å². The first-order valence-electron chi connectivity index (χ1n) is 12.1. The van der Waals surface area contributed by atoms with Gasteiger partial charge in [-0.1, -0.05) is 83.3 Å². The molecule has 0 saturated carbocycles. The Morgan fingerprint density at radius 2 is 1.45 bits per heavy atom. The standard InChI is InChI=1S/C24H46O5/c1-2-3-4-5-6-7-8-9-10-11-12-13-14-15-16-17-18-28-24-22(27)20-29-23(24)21(26)19-25/h4-5,21-27H,2-3,6-20H2,1H3/b5-4+/t21-,22+,23-,24-/m0/s1. The Kier molecular flexibility index (Phi) is 16.8. The second-order valence-corrected chi connectivity index (χ2v) is 8.39. The van der Waals surface area contributed by atoms with E-state index in [-0.39, 0.29) is 13.2 Å². The summed E-state index contributed by atoms with van der Waals surface area (Å²) >= 11 is 0. The van der Waals surface area contributed by atoms with Crippen molar-refractivity contribution >= 4 is 0 Å². The minimum atomic E-state index is -1.00. The maximum absolute atomic E-state index is 9.89. The third-order valence-electron chi connectivity index (χ3n) is 5.68. The van der Waals surface area contributed by atoms with Gasteiger partial charge in [0, 0.05) is 6.61 Å². The predicted octanol–water partition coefficient (Wildman–Crippen LogP) is 4.52. The Hall–Kier alpha value is -0.460. The largest absolute Gasteiger partial charge is 0.394 e. The number of hydrogen-bond donors (Lipinski definition) is 3. The molecule has 0 spiro atoms. The van der Waals surface area contributed by atoms with Gasteiger partial charge in [0.25, 0.3) is 0 Å². The second kappa shape index (κ2) is 18.3. The van der Waals surface area contributed by atoms with Crippen molar-refractivity contribution in [2.45, 2.75) is 121 Å². The maximum atomic E-state index is 9.89. The number of ether oxygens (including phenoxy) is 2. The van der Waals surface area contributed by atoms with E-state index in [0.29, 0.717) is 6.61 Å². The molecule has 1 saturated heterocycles. The molecule has 4 atom stereocenters. The third kappa shape index (κ3) is 12.7. The lowest BCUT2D eigenvalue weighted by Gasteiger charge is -2.23. The number of rotatable bonds is 19. The van der Waals surface area contributed by atoms with Crippen LogP contribution in [-0.4, -0.2) is 59.6 Å². The maximum Gasteiger partial charge on any atom is 0.114 e. The molecular formula is C24H46O5. The van der Waals surface area contributed by atoms with Crippen LogP contribution < -0.4 is 0 Å². The average molecular weight is 415 g/mol. The van der Waals surface area contributed by atoms with Gasteiger partial charge in [-0.3, -0.25) is 0 Å². The Labute approximate surface area is 178 Å². The van der Waals surface area contributed by atoms with E-state index < -0.39 is 24.4 Å². The highest BCUT2D eigenvalue weighted by Crippen LogP contribution is 2.21. The van der Waals surface area contributed by atoms with Crippen molar-refractivity contribution in [1.29, 1.82) is 0 Å². The van der Waals surface area contributed by atoms with Crippen LogP contribution in [-0.2, 0) is 9.47 Å². The monoisotopic (exact) mass is 414 g/mol. The van der Waals surface area contributed by atoms with Gasteiger partial charge in [0.2, 0.25) is 0 Å². The van der Waals surface area contributed by atoms with Gasteiger partial charge in [0.1, 0.15) is 24.4 Å². The van der Waals surface area contributed by atoms with Crippen LogP contribution >= 0.6 is 0 Å². The van der Waals surface area contributed by atoms with Gasteiger partial charge in [-0.25, -0.2) is 0 Å². The fourth-order valence-corrected chi connectivity index (χ4v) is 3.84. The quantitative estimate of drug-likeness (QED) is 0.214. The van der Waals surface area contributed by atoms with E-state index in [1.807, 2.05) is 0 Å². The van der Waals surface area contributed by atoms with Gasteiger partial charge < -0.3 is 24.8 Å². The highest BCUT2D eigenvalue weighted by atomic mass is 16.6. The molecule has 1 heterocycles. The second-order valence-electron chi connectivity index (χ2n) is 8.39. The molecule has 0 bridgehead atoms. The van der Waals surface area contributed by atoms with Crippen molar-refractivity contribution in [2.24, 2.45) is 0 Å². The summed E-state index contributed by atoms with van der Waals surface area (Å²) in [4.78, 5) is 0. The highest BCUT2D eigenvalue weighted by molar-refractivity contribution is 4.89. The summed E-state index contributed by atoms with van der Waals surface area (Å²) in [5.41, 5.74) is 0. The van der Waals surface area contributed by atoms with Crippen LogP contribution in [0.5, 0.6) is 0 Å². The van der Waals surface area contributed by atoms with E-state index in [4.69, 9.17) is 14.6 Å². The summed E-state index contributed by atoms with van der Waals surface area (Å²) in [5, 5.41) is 28.7. The molecule has 3 N–H and O–H groups in total. The van der Waals surface area contributed by atoms with Crippen LogP contribution in [0.15, 0.2) is 12.2 Å². The van der Waals surface area contributed by atoms with Crippen LogP contribution in [0.1, 0.15) is 96.8 Å². The molecule has 1 aliphatic rings. The average Bonchev–Trinajstić information content (AvgIpc) is 3.10. The van der Waals surface area contributed by atoms with Gasteiger partial charge in [0.15, 0.2) is 0 Å². The van der Waals surface area contributed by atoms with E-state index in [0.717, 1.165) is 12.8 Å². The number of aliphatic hydroxyl groups is 3. The molecule has 0 aromatic heterocycles.